The van der Waals surface area contributed by atoms with Crippen LogP contribution in [0.3, 0.4) is 0 Å². The van der Waals surface area contributed by atoms with E-state index in [-0.39, 0.29) is 23.2 Å². The fourth-order valence-corrected chi connectivity index (χ4v) is 2.12. The Kier molecular flexibility index (Phi) is 6.14. The summed E-state index contributed by atoms with van der Waals surface area (Å²) in [5.74, 6) is -0.247. The van der Waals surface area contributed by atoms with Crippen molar-refractivity contribution in [1.29, 1.82) is 0 Å². The first-order valence-electron chi connectivity index (χ1n) is 7.09. The van der Waals surface area contributed by atoms with Crippen LogP contribution in [0, 0.1) is 11.2 Å². The van der Waals surface area contributed by atoms with E-state index in [1.807, 2.05) is 6.92 Å². The van der Waals surface area contributed by atoms with Crippen LogP contribution in [-0.4, -0.2) is 12.5 Å². The van der Waals surface area contributed by atoms with Crippen LogP contribution in [0.15, 0.2) is 24.3 Å². The quantitative estimate of drug-likeness (QED) is 0.806. The number of benzene rings is 1. The third-order valence-electron chi connectivity index (χ3n) is 3.60. The van der Waals surface area contributed by atoms with E-state index in [1.165, 1.54) is 12.1 Å². The molecule has 0 aromatic heterocycles. The van der Waals surface area contributed by atoms with E-state index < -0.39 is 0 Å². The molecule has 20 heavy (non-hydrogen) atoms. The lowest BCUT2D eigenvalue weighted by atomic mass is 9.84. The van der Waals surface area contributed by atoms with Crippen LogP contribution >= 0.6 is 0 Å². The molecule has 1 atom stereocenters. The van der Waals surface area contributed by atoms with Crippen molar-refractivity contribution in [1.82, 2.24) is 5.32 Å². The Morgan fingerprint density at radius 3 is 2.45 bits per heavy atom. The lowest BCUT2D eigenvalue weighted by Crippen LogP contribution is -2.28. The summed E-state index contributed by atoms with van der Waals surface area (Å²) in [5.41, 5.74) is 6.55. The molecule has 4 heteroatoms. The van der Waals surface area contributed by atoms with Crippen molar-refractivity contribution in [2.45, 2.75) is 46.1 Å². The van der Waals surface area contributed by atoms with Gasteiger partial charge in [-0.25, -0.2) is 4.39 Å². The summed E-state index contributed by atoms with van der Waals surface area (Å²) >= 11 is 0. The van der Waals surface area contributed by atoms with Gasteiger partial charge in [-0.15, -0.1) is 0 Å². The predicted octanol–water partition coefficient (Wildman–Crippen LogP) is 3.16. The Morgan fingerprint density at radius 2 is 1.90 bits per heavy atom. The van der Waals surface area contributed by atoms with Gasteiger partial charge in [0.05, 0.1) is 6.04 Å². The third-order valence-corrected chi connectivity index (χ3v) is 3.60. The highest BCUT2D eigenvalue weighted by Crippen LogP contribution is 2.26. The van der Waals surface area contributed by atoms with Crippen molar-refractivity contribution in [3.8, 4) is 0 Å². The first-order valence-corrected chi connectivity index (χ1v) is 7.09. The maximum atomic E-state index is 12.8. The number of hydrogen-bond acceptors (Lipinski definition) is 2. The largest absolute Gasteiger partial charge is 0.350 e. The maximum absolute atomic E-state index is 12.8. The van der Waals surface area contributed by atoms with Gasteiger partial charge in [0.1, 0.15) is 5.82 Å². The standard InChI is InChI=1S/C16H25FN2O/c1-12(13-4-6-14(17)7-5-13)19-15(20)8-9-16(2,3)10-11-18/h4-7,12H,8-11,18H2,1-3H3,(H,19,20)/t12-/m1/s1. The zero-order chi connectivity index (χ0) is 15.2. The number of rotatable bonds is 7. The van der Waals surface area contributed by atoms with Crippen LogP contribution in [0.1, 0.15) is 51.6 Å². The van der Waals surface area contributed by atoms with Gasteiger partial charge in [0, 0.05) is 6.42 Å². The summed E-state index contributed by atoms with van der Waals surface area (Å²) in [6.07, 6.45) is 2.21. The molecular weight excluding hydrogens is 255 g/mol. The summed E-state index contributed by atoms with van der Waals surface area (Å²) in [7, 11) is 0. The summed E-state index contributed by atoms with van der Waals surface area (Å²) in [4.78, 5) is 11.9. The maximum Gasteiger partial charge on any atom is 0.220 e. The van der Waals surface area contributed by atoms with Crippen molar-refractivity contribution < 1.29 is 9.18 Å². The second kappa shape index (κ2) is 7.39. The van der Waals surface area contributed by atoms with E-state index >= 15 is 0 Å². The number of hydrogen-bond donors (Lipinski definition) is 2. The average Bonchev–Trinajstić information content (AvgIpc) is 2.37. The average molecular weight is 280 g/mol. The second-order valence-electron chi connectivity index (χ2n) is 6.04. The van der Waals surface area contributed by atoms with Gasteiger partial charge in [-0.1, -0.05) is 26.0 Å². The Bertz CT molecular complexity index is 429. The van der Waals surface area contributed by atoms with Crippen LogP contribution in [0.5, 0.6) is 0 Å². The Hall–Kier alpha value is -1.42. The minimum Gasteiger partial charge on any atom is -0.350 e. The first kappa shape index (κ1) is 16.6. The van der Waals surface area contributed by atoms with Crippen molar-refractivity contribution in [2.24, 2.45) is 11.1 Å². The smallest absolute Gasteiger partial charge is 0.220 e. The predicted molar refractivity (Wildman–Crippen MR) is 79.6 cm³/mol. The Morgan fingerprint density at radius 1 is 1.30 bits per heavy atom. The number of carbonyl (C=O) groups excluding carboxylic acids is 1. The van der Waals surface area contributed by atoms with Gasteiger partial charge in [0.15, 0.2) is 0 Å². The van der Waals surface area contributed by atoms with Crippen molar-refractivity contribution >= 4 is 5.91 Å². The van der Waals surface area contributed by atoms with Gasteiger partial charge >= 0.3 is 0 Å². The molecule has 0 bridgehead atoms. The molecule has 0 radical (unpaired) electrons. The zero-order valence-corrected chi connectivity index (χ0v) is 12.6. The van der Waals surface area contributed by atoms with Gasteiger partial charge < -0.3 is 11.1 Å². The molecule has 1 aromatic rings. The SMILES string of the molecule is C[C@@H](NC(=O)CCC(C)(C)CCN)c1ccc(F)cc1. The molecule has 0 unspecified atom stereocenters. The number of nitrogens with two attached hydrogens (primary N) is 1. The monoisotopic (exact) mass is 280 g/mol. The number of carbonyl (C=O) groups is 1. The molecule has 0 saturated heterocycles. The van der Waals surface area contributed by atoms with Gasteiger partial charge in [0.25, 0.3) is 0 Å². The first-order chi connectivity index (χ1) is 9.34. The lowest BCUT2D eigenvalue weighted by molar-refractivity contribution is -0.122. The molecule has 0 aliphatic heterocycles. The summed E-state index contributed by atoms with van der Waals surface area (Å²) in [6.45, 7) is 6.78. The molecule has 3 N–H and O–H groups in total. The fourth-order valence-electron chi connectivity index (χ4n) is 2.12. The molecule has 0 fully saturated rings. The summed E-state index contributed by atoms with van der Waals surface area (Å²) < 4.78 is 12.8. The zero-order valence-electron chi connectivity index (χ0n) is 12.6. The molecular formula is C16H25FN2O. The van der Waals surface area contributed by atoms with Crippen LogP contribution in [0.4, 0.5) is 4.39 Å². The minimum absolute atomic E-state index is 0.0203. The summed E-state index contributed by atoms with van der Waals surface area (Å²) in [5, 5.41) is 2.94. The van der Waals surface area contributed by atoms with Crippen molar-refractivity contribution in [2.75, 3.05) is 6.54 Å². The van der Waals surface area contributed by atoms with E-state index in [2.05, 4.69) is 19.2 Å². The van der Waals surface area contributed by atoms with Gasteiger partial charge in [-0.05, 0) is 49.4 Å². The van der Waals surface area contributed by atoms with Crippen LogP contribution in [0.25, 0.3) is 0 Å². The molecule has 0 saturated carbocycles. The van der Waals surface area contributed by atoms with Crippen LogP contribution in [-0.2, 0) is 4.79 Å². The van der Waals surface area contributed by atoms with Gasteiger partial charge in [0.2, 0.25) is 5.91 Å². The molecule has 0 aliphatic carbocycles. The van der Waals surface area contributed by atoms with Crippen molar-refractivity contribution in [3.05, 3.63) is 35.6 Å². The molecule has 0 aliphatic rings. The highest BCUT2D eigenvalue weighted by molar-refractivity contribution is 5.76. The molecule has 112 valence electrons. The van der Waals surface area contributed by atoms with E-state index in [1.54, 1.807) is 12.1 Å². The molecule has 1 amide bonds. The normalized spacial score (nSPS) is 13.1. The number of halogens is 1. The topological polar surface area (TPSA) is 55.1 Å². The van der Waals surface area contributed by atoms with Crippen LogP contribution < -0.4 is 11.1 Å². The van der Waals surface area contributed by atoms with E-state index in [0.717, 1.165) is 18.4 Å². The van der Waals surface area contributed by atoms with Gasteiger partial charge in [-0.3, -0.25) is 4.79 Å². The molecule has 1 aromatic carbocycles. The number of amides is 1. The van der Waals surface area contributed by atoms with Gasteiger partial charge in [-0.2, -0.15) is 0 Å². The molecule has 0 spiro atoms. The van der Waals surface area contributed by atoms with Crippen molar-refractivity contribution in [3.63, 3.8) is 0 Å². The molecule has 3 nitrogen and oxygen atoms in total. The van der Waals surface area contributed by atoms with E-state index in [9.17, 15) is 9.18 Å². The van der Waals surface area contributed by atoms with E-state index in [4.69, 9.17) is 5.73 Å². The highest BCUT2D eigenvalue weighted by atomic mass is 19.1. The molecule has 1 rings (SSSR count). The Labute approximate surface area is 120 Å². The second-order valence-corrected chi connectivity index (χ2v) is 6.04. The summed E-state index contributed by atoms with van der Waals surface area (Å²) in [6, 6.07) is 6.09. The van der Waals surface area contributed by atoms with E-state index in [0.29, 0.717) is 13.0 Å². The van der Waals surface area contributed by atoms with Crippen LogP contribution in [0.2, 0.25) is 0 Å². The minimum atomic E-state index is -0.268. The Balaban J connectivity index is 2.44. The molecule has 0 heterocycles. The fraction of sp³-hybridized carbons (Fsp3) is 0.562. The lowest BCUT2D eigenvalue weighted by Gasteiger charge is -2.24. The highest BCUT2D eigenvalue weighted by Gasteiger charge is 2.19. The number of nitrogens with one attached hydrogen (secondary N) is 1. The third kappa shape index (κ3) is 5.70.